The van der Waals surface area contributed by atoms with Gasteiger partial charge < -0.3 is 20.7 Å². The number of rotatable bonds is 8. The normalized spacial score (nSPS) is 16.0. The summed E-state index contributed by atoms with van der Waals surface area (Å²) in [7, 11) is 1.71. The van der Waals surface area contributed by atoms with Gasteiger partial charge in [0.2, 0.25) is 0 Å². The van der Waals surface area contributed by atoms with E-state index in [1.54, 1.807) is 7.11 Å². The maximum atomic E-state index is 5.04. The maximum Gasteiger partial charge on any atom is 0.191 e. The minimum Gasteiger partial charge on any atom is -0.383 e. The van der Waals surface area contributed by atoms with Crippen molar-refractivity contribution in [1.82, 2.24) is 10.6 Å². The lowest BCUT2D eigenvalue weighted by molar-refractivity contribution is 0.211. The standard InChI is InChI=1S/C19H32N4O/c1-3-20-19(23-18-7-5-4-6-8-18)22-15-16-9-11-17(12-10-16)21-13-14-24-2/h9-12,18,21H,3-8,13-15H2,1-2H3,(H2,20,22,23). The van der Waals surface area contributed by atoms with Gasteiger partial charge in [-0.25, -0.2) is 4.99 Å². The van der Waals surface area contributed by atoms with Crippen molar-refractivity contribution >= 4 is 11.6 Å². The van der Waals surface area contributed by atoms with Crippen molar-refractivity contribution in [3.05, 3.63) is 29.8 Å². The first-order chi connectivity index (χ1) is 11.8. The Balaban J connectivity index is 1.85. The van der Waals surface area contributed by atoms with Gasteiger partial charge in [0.1, 0.15) is 0 Å². The Hall–Kier alpha value is -1.75. The number of hydrogen-bond acceptors (Lipinski definition) is 3. The molecule has 2 rings (SSSR count). The molecule has 0 aliphatic heterocycles. The molecule has 1 aromatic carbocycles. The molecule has 0 bridgehead atoms. The van der Waals surface area contributed by atoms with E-state index >= 15 is 0 Å². The molecule has 1 aliphatic carbocycles. The van der Waals surface area contributed by atoms with Gasteiger partial charge >= 0.3 is 0 Å². The average Bonchev–Trinajstić information content (AvgIpc) is 2.62. The molecule has 0 aromatic heterocycles. The molecule has 1 aliphatic rings. The first-order valence-electron chi connectivity index (χ1n) is 9.18. The van der Waals surface area contributed by atoms with Gasteiger partial charge in [-0.15, -0.1) is 0 Å². The van der Waals surface area contributed by atoms with Crippen molar-refractivity contribution in [2.75, 3.05) is 32.1 Å². The molecule has 3 N–H and O–H groups in total. The molecule has 1 fully saturated rings. The van der Waals surface area contributed by atoms with E-state index in [0.717, 1.165) is 24.7 Å². The molecule has 5 nitrogen and oxygen atoms in total. The zero-order valence-electron chi connectivity index (χ0n) is 15.1. The summed E-state index contributed by atoms with van der Waals surface area (Å²) in [6.45, 7) is 5.23. The summed E-state index contributed by atoms with van der Waals surface area (Å²) in [5, 5.41) is 10.3. The molecule has 0 spiro atoms. The van der Waals surface area contributed by atoms with Crippen LogP contribution in [0.4, 0.5) is 5.69 Å². The third kappa shape index (κ3) is 6.79. The Kier molecular flexibility index (Phi) is 8.46. The van der Waals surface area contributed by atoms with Crippen molar-refractivity contribution in [1.29, 1.82) is 0 Å². The Morgan fingerprint density at radius 2 is 1.92 bits per heavy atom. The van der Waals surface area contributed by atoms with Gasteiger partial charge in [-0.1, -0.05) is 31.4 Å². The Bertz CT molecular complexity index is 481. The number of hydrogen-bond donors (Lipinski definition) is 3. The van der Waals surface area contributed by atoms with Crippen LogP contribution < -0.4 is 16.0 Å². The molecule has 0 atom stereocenters. The first-order valence-corrected chi connectivity index (χ1v) is 9.18. The lowest BCUT2D eigenvalue weighted by Crippen LogP contribution is -2.44. The Labute approximate surface area is 146 Å². The van der Waals surface area contributed by atoms with E-state index in [4.69, 9.17) is 9.73 Å². The third-order valence-electron chi connectivity index (χ3n) is 4.30. The summed E-state index contributed by atoms with van der Waals surface area (Å²) >= 11 is 0. The Morgan fingerprint density at radius 3 is 2.58 bits per heavy atom. The number of anilines is 1. The van der Waals surface area contributed by atoms with Gasteiger partial charge in [-0.3, -0.25) is 0 Å². The number of aliphatic imine (C=N–C) groups is 1. The molecule has 0 saturated heterocycles. The molecule has 0 amide bonds. The largest absolute Gasteiger partial charge is 0.383 e. The predicted octanol–water partition coefficient (Wildman–Crippen LogP) is 3.13. The van der Waals surface area contributed by atoms with Crippen LogP contribution in [-0.2, 0) is 11.3 Å². The molecule has 1 saturated carbocycles. The highest BCUT2D eigenvalue weighted by molar-refractivity contribution is 5.80. The molecule has 1 aromatic rings. The van der Waals surface area contributed by atoms with Crippen LogP contribution in [0.5, 0.6) is 0 Å². The van der Waals surface area contributed by atoms with Gasteiger partial charge in [0.25, 0.3) is 0 Å². The predicted molar refractivity (Wildman–Crippen MR) is 102 cm³/mol. The van der Waals surface area contributed by atoms with E-state index in [9.17, 15) is 0 Å². The van der Waals surface area contributed by atoms with Crippen LogP contribution in [0.3, 0.4) is 0 Å². The number of benzene rings is 1. The second kappa shape index (κ2) is 10.9. The highest BCUT2D eigenvalue weighted by Crippen LogP contribution is 2.17. The smallest absolute Gasteiger partial charge is 0.191 e. The number of nitrogens with one attached hydrogen (secondary N) is 3. The zero-order valence-corrected chi connectivity index (χ0v) is 15.1. The van der Waals surface area contributed by atoms with E-state index in [1.807, 2.05) is 0 Å². The maximum absolute atomic E-state index is 5.04. The number of guanidine groups is 1. The van der Waals surface area contributed by atoms with Gasteiger partial charge in [-0.2, -0.15) is 0 Å². The fourth-order valence-corrected chi connectivity index (χ4v) is 2.96. The number of nitrogens with zero attached hydrogens (tertiary/aromatic N) is 1. The van der Waals surface area contributed by atoms with Crippen molar-refractivity contribution in [2.24, 2.45) is 4.99 Å². The minimum atomic E-state index is 0.573. The lowest BCUT2D eigenvalue weighted by atomic mass is 9.96. The van der Waals surface area contributed by atoms with Crippen molar-refractivity contribution in [3.8, 4) is 0 Å². The average molecular weight is 332 g/mol. The number of methoxy groups -OCH3 is 1. The monoisotopic (exact) mass is 332 g/mol. The quantitative estimate of drug-likeness (QED) is 0.389. The minimum absolute atomic E-state index is 0.573. The van der Waals surface area contributed by atoms with Crippen LogP contribution in [0.25, 0.3) is 0 Å². The summed E-state index contributed by atoms with van der Waals surface area (Å²) in [5.41, 5.74) is 2.33. The third-order valence-corrected chi connectivity index (χ3v) is 4.30. The summed E-state index contributed by atoms with van der Waals surface area (Å²) in [6.07, 6.45) is 6.54. The second-order valence-electron chi connectivity index (χ2n) is 6.29. The van der Waals surface area contributed by atoms with E-state index in [2.05, 4.69) is 47.1 Å². The van der Waals surface area contributed by atoms with Crippen molar-refractivity contribution < 1.29 is 4.74 Å². The fraction of sp³-hybridized carbons (Fsp3) is 0.632. The van der Waals surface area contributed by atoms with E-state index in [1.165, 1.54) is 37.7 Å². The van der Waals surface area contributed by atoms with E-state index < -0.39 is 0 Å². The molecule has 24 heavy (non-hydrogen) atoms. The highest BCUT2D eigenvalue weighted by Gasteiger charge is 2.14. The van der Waals surface area contributed by atoms with Crippen LogP contribution in [0.15, 0.2) is 29.3 Å². The highest BCUT2D eigenvalue weighted by atomic mass is 16.5. The van der Waals surface area contributed by atoms with Gasteiger partial charge in [0.15, 0.2) is 5.96 Å². The summed E-state index contributed by atoms with van der Waals surface area (Å²) in [4.78, 5) is 4.74. The van der Waals surface area contributed by atoms with Gasteiger partial charge in [-0.05, 0) is 37.5 Å². The first kappa shape index (κ1) is 18.6. The fourth-order valence-electron chi connectivity index (χ4n) is 2.96. The van der Waals surface area contributed by atoms with Crippen LogP contribution in [0.1, 0.15) is 44.6 Å². The molecular formula is C19H32N4O. The second-order valence-corrected chi connectivity index (χ2v) is 6.29. The molecule has 0 unspecified atom stereocenters. The zero-order chi connectivity index (χ0) is 17.0. The Morgan fingerprint density at radius 1 is 1.17 bits per heavy atom. The molecule has 0 radical (unpaired) electrons. The molecule has 5 heteroatoms. The van der Waals surface area contributed by atoms with Crippen molar-refractivity contribution in [3.63, 3.8) is 0 Å². The van der Waals surface area contributed by atoms with Crippen LogP contribution in [0.2, 0.25) is 0 Å². The van der Waals surface area contributed by atoms with Crippen molar-refractivity contribution in [2.45, 2.75) is 51.6 Å². The van der Waals surface area contributed by atoms with E-state index in [-0.39, 0.29) is 0 Å². The SMILES string of the molecule is CCNC(=NCc1ccc(NCCOC)cc1)NC1CCCCC1. The summed E-state index contributed by atoms with van der Waals surface area (Å²) in [6, 6.07) is 9.03. The van der Waals surface area contributed by atoms with Crippen LogP contribution >= 0.6 is 0 Å². The van der Waals surface area contributed by atoms with Crippen LogP contribution in [0, 0.1) is 0 Å². The van der Waals surface area contributed by atoms with Crippen LogP contribution in [-0.4, -0.2) is 38.8 Å². The summed E-state index contributed by atoms with van der Waals surface area (Å²) in [5.74, 6) is 0.937. The lowest BCUT2D eigenvalue weighted by Gasteiger charge is -2.24. The topological polar surface area (TPSA) is 57.7 Å². The molecular weight excluding hydrogens is 300 g/mol. The summed E-state index contributed by atoms with van der Waals surface area (Å²) < 4.78 is 5.04. The molecule has 0 heterocycles. The number of ether oxygens (including phenoxy) is 1. The van der Waals surface area contributed by atoms with Gasteiger partial charge in [0, 0.05) is 31.9 Å². The molecule has 134 valence electrons. The van der Waals surface area contributed by atoms with E-state index in [0.29, 0.717) is 19.2 Å². The van der Waals surface area contributed by atoms with Gasteiger partial charge in [0.05, 0.1) is 13.2 Å².